The number of fused-ring (bicyclic) bond motifs is 1. The van der Waals surface area contributed by atoms with Gasteiger partial charge in [0.1, 0.15) is 11.9 Å². The number of pyridine rings is 1. The molecule has 0 unspecified atom stereocenters. The van der Waals surface area contributed by atoms with Crippen molar-refractivity contribution >= 4 is 17.4 Å². The first-order valence-corrected chi connectivity index (χ1v) is 9.53. The van der Waals surface area contributed by atoms with Crippen molar-refractivity contribution in [3.05, 3.63) is 65.9 Å². The highest BCUT2D eigenvalue weighted by Gasteiger charge is 2.32. The first-order chi connectivity index (χ1) is 14.0. The van der Waals surface area contributed by atoms with Gasteiger partial charge >= 0.3 is 0 Å². The van der Waals surface area contributed by atoms with Gasteiger partial charge in [-0.25, -0.2) is 9.97 Å². The predicted octanol–water partition coefficient (Wildman–Crippen LogP) is 3.75. The van der Waals surface area contributed by atoms with Crippen LogP contribution in [-0.2, 0) is 4.79 Å². The molecule has 7 nitrogen and oxygen atoms in total. The standard InChI is InChI=1S/C22H22N6O/c1-14-12-27(13-25-14)18-5-6-21-19(9-18)20(8-15(2)28(21)16(3)29)26-22-7-4-17(10-23)11-24-22/h4-7,9,11-13,15,20H,8H2,1-3H3,(H,24,26)/t15-,20+/m1/s1. The smallest absolute Gasteiger partial charge is 0.224 e. The van der Waals surface area contributed by atoms with Crippen molar-refractivity contribution in [3.8, 4) is 11.8 Å². The van der Waals surface area contributed by atoms with Crippen LogP contribution >= 0.6 is 0 Å². The summed E-state index contributed by atoms with van der Waals surface area (Å²) in [4.78, 5) is 22.8. The zero-order valence-electron chi connectivity index (χ0n) is 16.6. The fourth-order valence-corrected chi connectivity index (χ4v) is 3.91. The van der Waals surface area contributed by atoms with Gasteiger partial charge in [-0.2, -0.15) is 5.26 Å². The number of nitrogens with one attached hydrogen (secondary N) is 1. The summed E-state index contributed by atoms with van der Waals surface area (Å²) in [7, 11) is 0. The molecule has 2 atom stereocenters. The largest absolute Gasteiger partial charge is 0.363 e. The summed E-state index contributed by atoms with van der Waals surface area (Å²) < 4.78 is 1.97. The average Bonchev–Trinajstić information content (AvgIpc) is 3.14. The van der Waals surface area contributed by atoms with Gasteiger partial charge in [-0.1, -0.05) is 0 Å². The van der Waals surface area contributed by atoms with E-state index in [0.29, 0.717) is 11.4 Å². The number of nitrogens with zero attached hydrogens (tertiary/aromatic N) is 5. The maximum Gasteiger partial charge on any atom is 0.224 e. The van der Waals surface area contributed by atoms with Crippen molar-refractivity contribution in [1.82, 2.24) is 14.5 Å². The molecule has 0 radical (unpaired) electrons. The van der Waals surface area contributed by atoms with Crippen molar-refractivity contribution in [3.63, 3.8) is 0 Å². The Morgan fingerprint density at radius 3 is 2.72 bits per heavy atom. The maximum atomic E-state index is 12.3. The SMILES string of the molecule is CC(=O)N1c2ccc(-n3cnc(C)c3)cc2[C@@H](Nc2ccc(C#N)cn2)C[C@H]1C. The molecule has 3 heterocycles. The molecule has 7 heteroatoms. The van der Waals surface area contributed by atoms with Gasteiger partial charge in [0, 0.05) is 42.3 Å². The molecule has 0 spiro atoms. The van der Waals surface area contributed by atoms with E-state index in [4.69, 9.17) is 5.26 Å². The van der Waals surface area contributed by atoms with E-state index in [-0.39, 0.29) is 18.0 Å². The van der Waals surface area contributed by atoms with E-state index in [1.165, 1.54) is 0 Å². The van der Waals surface area contributed by atoms with Crippen LogP contribution in [0.1, 0.15) is 43.1 Å². The number of anilines is 2. The Morgan fingerprint density at radius 2 is 2.10 bits per heavy atom. The molecular formula is C22H22N6O. The Labute approximate surface area is 169 Å². The fraction of sp³-hybridized carbons (Fsp3) is 0.273. The molecule has 0 saturated carbocycles. The highest BCUT2D eigenvalue weighted by Crippen LogP contribution is 2.40. The number of carbonyl (C=O) groups excluding carboxylic acids is 1. The molecule has 0 saturated heterocycles. The maximum absolute atomic E-state index is 12.3. The monoisotopic (exact) mass is 386 g/mol. The summed E-state index contributed by atoms with van der Waals surface area (Å²) in [5.41, 5.74) is 4.39. The van der Waals surface area contributed by atoms with Gasteiger partial charge in [0.25, 0.3) is 0 Å². The minimum absolute atomic E-state index is 0.0133. The molecule has 1 N–H and O–H groups in total. The number of amides is 1. The van der Waals surface area contributed by atoms with Crippen LogP contribution in [0.3, 0.4) is 0 Å². The van der Waals surface area contributed by atoms with Crippen molar-refractivity contribution in [2.24, 2.45) is 0 Å². The number of nitriles is 1. The second-order valence-corrected chi connectivity index (χ2v) is 7.38. The Hall–Kier alpha value is -3.66. The van der Waals surface area contributed by atoms with Gasteiger partial charge in [-0.3, -0.25) is 4.79 Å². The van der Waals surface area contributed by atoms with E-state index in [1.807, 2.05) is 40.8 Å². The van der Waals surface area contributed by atoms with Gasteiger partial charge in [0.05, 0.1) is 23.6 Å². The molecule has 2 aromatic heterocycles. The van der Waals surface area contributed by atoms with Crippen LogP contribution in [0, 0.1) is 18.3 Å². The number of imidazole rings is 1. The van der Waals surface area contributed by atoms with Crippen LogP contribution in [0.4, 0.5) is 11.5 Å². The van der Waals surface area contributed by atoms with Gasteiger partial charge in [0.2, 0.25) is 5.91 Å². The summed E-state index contributed by atoms with van der Waals surface area (Å²) >= 11 is 0. The van der Waals surface area contributed by atoms with Crippen molar-refractivity contribution in [1.29, 1.82) is 5.26 Å². The molecule has 29 heavy (non-hydrogen) atoms. The summed E-state index contributed by atoms with van der Waals surface area (Å²) in [6.07, 6.45) is 6.07. The Bertz CT molecular complexity index is 1100. The lowest BCUT2D eigenvalue weighted by Crippen LogP contribution is -2.43. The molecule has 0 aliphatic carbocycles. The highest BCUT2D eigenvalue weighted by atomic mass is 16.2. The lowest BCUT2D eigenvalue weighted by molar-refractivity contribution is -0.117. The number of aryl methyl sites for hydroxylation is 1. The van der Waals surface area contributed by atoms with Crippen molar-refractivity contribution < 1.29 is 4.79 Å². The fourth-order valence-electron chi connectivity index (χ4n) is 3.91. The molecule has 1 aliphatic heterocycles. The van der Waals surface area contributed by atoms with Gasteiger partial charge in [-0.15, -0.1) is 0 Å². The Balaban J connectivity index is 1.75. The van der Waals surface area contributed by atoms with E-state index in [2.05, 4.69) is 34.3 Å². The Kier molecular flexibility index (Phi) is 4.77. The third kappa shape index (κ3) is 3.57. The molecule has 1 amide bonds. The van der Waals surface area contributed by atoms with Gasteiger partial charge in [0.15, 0.2) is 0 Å². The minimum atomic E-state index is -0.0133. The van der Waals surface area contributed by atoms with E-state index in [0.717, 1.165) is 29.1 Å². The van der Waals surface area contributed by atoms with E-state index < -0.39 is 0 Å². The van der Waals surface area contributed by atoms with Crippen molar-refractivity contribution in [2.45, 2.75) is 39.3 Å². The first-order valence-electron chi connectivity index (χ1n) is 9.53. The van der Waals surface area contributed by atoms with Crippen molar-refractivity contribution in [2.75, 3.05) is 10.2 Å². The quantitative estimate of drug-likeness (QED) is 0.741. The molecule has 0 fully saturated rings. The van der Waals surface area contributed by atoms with Crippen LogP contribution in [0.2, 0.25) is 0 Å². The highest BCUT2D eigenvalue weighted by molar-refractivity contribution is 5.94. The second-order valence-electron chi connectivity index (χ2n) is 7.38. The zero-order valence-corrected chi connectivity index (χ0v) is 16.6. The van der Waals surface area contributed by atoms with Gasteiger partial charge < -0.3 is 14.8 Å². The summed E-state index contributed by atoms with van der Waals surface area (Å²) in [5, 5.41) is 12.5. The molecular weight excluding hydrogens is 364 g/mol. The lowest BCUT2D eigenvalue weighted by Gasteiger charge is -2.39. The lowest BCUT2D eigenvalue weighted by atomic mass is 9.91. The second kappa shape index (κ2) is 7.40. The predicted molar refractivity (Wildman–Crippen MR) is 111 cm³/mol. The molecule has 4 rings (SSSR count). The normalized spacial score (nSPS) is 18.1. The number of carbonyl (C=O) groups is 1. The molecule has 1 aromatic carbocycles. The summed E-state index contributed by atoms with van der Waals surface area (Å²) in [5.74, 6) is 0.729. The summed E-state index contributed by atoms with van der Waals surface area (Å²) in [6, 6.07) is 11.8. The van der Waals surface area contributed by atoms with Gasteiger partial charge in [-0.05, 0) is 50.6 Å². The molecule has 146 valence electrons. The molecule has 1 aliphatic rings. The number of rotatable bonds is 3. The van der Waals surface area contributed by atoms with E-state index >= 15 is 0 Å². The number of benzene rings is 1. The van der Waals surface area contributed by atoms with Crippen LogP contribution < -0.4 is 10.2 Å². The van der Waals surface area contributed by atoms with E-state index in [1.54, 1.807) is 25.5 Å². The van der Waals surface area contributed by atoms with Crippen LogP contribution in [-0.4, -0.2) is 26.5 Å². The number of hydrogen-bond acceptors (Lipinski definition) is 5. The number of hydrogen-bond donors (Lipinski definition) is 1. The third-order valence-electron chi connectivity index (χ3n) is 5.23. The van der Waals surface area contributed by atoms with Crippen LogP contribution in [0.25, 0.3) is 5.69 Å². The van der Waals surface area contributed by atoms with Crippen LogP contribution in [0.5, 0.6) is 0 Å². The third-order valence-corrected chi connectivity index (χ3v) is 5.23. The minimum Gasteiger partial charge on any atom is -0.363 e. The van der Waals surface area contributed by atoms with Crippen LogP contribution in [0.15, 0.2) is 49.1 Å². The van der Waals surface area contributed by atoms with E-state index in [9.17, 15) is 4.79 Å². The number of aromatic nitrogens is 3. The molecule has 0 bridgehead atoms. The topological polar surface area (TPSA) is 86.8 Å². The first kappa shape index (κ1) is 18.7. The Morgan fingerprint density at radius 1 is 1.28 bits per heavy atom. The molecule has 3 aromatic rings. The summed E-state index contributed by atoms with van der Waals surface area (Å²) in [6.45, 7) is 5.61. The average molecular weight is 386 g/mol. The zero-order chi connectivity index (χ0) is 20.5.